The van der Waals surface area contributed by atoms with Crippen molar-refractivity contribution in [2.75, 3.05) is 13.1 Å². The van der Waals surface area contributed by atoms with Crippen LogP contribution in [0.25, 0.3) is 10.6 Å². The van der Waals surface area contributed by atoms with E-state index in [1.165, 1.54) is 25.7 Å². The fourth-order valence-corrected chi connectivity index (χ4v) is 2.64. The summed E-state index contributed by atoms with van der Waals surface area (Å²) in [6, 6.07) is 1.11. The van der Waals surface area contributed by atoms with E-state index in [-0.39, 0.29) is 11.1 Å². The Hall–Kier alpha value is 0.208. The third kappa shape index (κ3) is 37.6. The van der Waals surface area contributed by atoms with Crippen LogP contribution in [0.1, 0.15) is 109 Å². The Morgan fingerprint density at radius 2 is 1.04 bits per heavy atom. The van der Waals surface area contributed by atoms with Crippen LogP contribution < -0.4 is 0 Å². The van der Waals surface area contributed by atoms with Gasteiger partial charge in [-0.25, -0.2) is 0 Å². The molecule has 4 nitrogen and oxygen atoms in total. The maximum absolute atomic E-state index is 4.51. The molecule has 164 valence electrons. The fraction of sp³-hybridized carbons (Fsp3) is 1.00. The number of rotatable bonds is 8. The first-order chi connectivity index (χ1) is 12.3. The normalized spacial score (nSPS) is 13.2. The Labute approximate surface area is 180 Å². The molecule has 0 radical (unpaired) electrons. The van der Waals surface area contributed by atoms with E-state index in [0.717, 1.165) is 13.1 Å². The van der Waals surface area contributed by atoms with E-state index in [2.05, 4.69) is 101 Å². The number of nitrogens with zero attached hydrogens (tertiary/aromatic N) is 4. The molecule has 0 aliphatic carbocycles. The van der Waals surface area contributed by atoms with Gasteiger partial charge in [0.15, 0.2) is 0 Å². The van der Waals surface area contributed by atoms with E-state index in [0.29, 0.717) is 12.1 Å². The second-order valence-electron chi connectivity index (χ2n) is 8.94. The second kappa shape index (κ2) is 19.5. The summed E-state index contributed by atoms with van der Waals surface area (Å²) in [5, 5.41) is 8.72. The Balaban J connectivity index is -0.000000329. The van der Waals surface area contributed by atoms with Gasteiger partial charge in [-0.1, -0.05) is 67.2 Å². The molecule has 0 fully saturated rings. The van der Waals surface area contributed by atoms with E-state index in [1.54, 1.807) is 0 Å². The summed E-state index contributed by atoms with van der Waals surface area (Å²) in [4.78, 5) is 0. The van der Waals surface area contributed by atoms with Crippen LogP contribution in [0.15, 0.2) is 6.99 Å². The molecular formula is C22H50MoN4. The molecule has 2 atom stereocenters. The maximum Gasteiger partial charge on any atom is -0.0668 e. The van der Waals surface area contributed by atoms with Crippen molar-refractivity contribution in [2.45, 2.75) is 132 Å². The monoisotopic (exact) mass is 468 g/mol. The van der Waals surface area contributed by atoms with Gasteiger partial charge < -0.3 is 10.6 Å². The number of hydrogen-bond acceptors (Lipinski definition) is 2. The molecule has 0 aromatic heterocycles. The van der Waals surface area contributed by atoms with Crippen molar-refractivity contribution >= 4 is 0 Å². The molecule has 0 aliphatic heterocycles. The molecule has 0 bridgehead atoms. The Kier molecular flexibility index (Phi) is 23.1. The molecule has 0 N–H and O–H groups in total. The molecule has 0 rings (SSSR count). The molecule has 0 heterocycles. The minimum atomic E-state index is -0.473. The SMILES string of the molecule is CC(C)(C)[N]=[Mo+2]=[N]C(C)(C)C.CCC(C)[N-]C(C)CC.CCC[N-]CCC. The third-order valence-corrected chi connectivity index (χ3v) is 6.18. The summed E-state index contributed by atoms with van der Waals surface area (Å²) in [5.74, 6) is 0. The van der Waals surface area contributed by atoms with Gasteiger partial charge in [0.2, 0.25) is 0 Å². The summed E-state index contributed by atoms with van der Waals surface area (Å²) in [5.41, 5.74) is 0.216. The molecule has 0 saturated heterocycles. The molecule has 0 amide bonds. The van der Waals surface area contributed by atoms with Gasteiger partial charge in [0.1, 0.15) is 0 Å². The van der Waals surface area contributed by atoms with Crippen LogP contribution in [0.3, 0.4) is 0 Å². The average Bonchev–Trinajstić information content (AvgIpc) is 2.53. The van der Waals surface area contributed by atoms with Gasteiger partial charge >= 0.3 is 77.8 Å². The van der Waals surface area contributed by atoms with Gasteiger partial charge in [-0.2, -0.15) is 0 Å². The molecule has 5 heteroatoms. The smallest absolute Gasteiger partial charge is 0.0668 e. The van der Waals surface area contributed by atoms with Gasteiger partial charge in [-0.05, 0) is 0 Å². The zero-order valence-electron chi connectivity index (χ0n) is 20.6. The van der Waals surface area contributed by atoms with Gasteiger partial charge in [-0.3, -0.25) is 0 Å². The first-order valence-electron chi connectivity index (χ1n) is 10.8. The Morgan fingerprint density at radius 3 is 1.26 bits per heavy atom. The van der Waals surface area contributed by atoms with Crippen molar-refractivity contribution in [3.8, 4) is 0 Å². The van der Waals surface area contributed by atoms with Crippen molar-refractivity contribution in [1.82, 2.24) is 0 Å². The standard InChI is InChI=1S/C8H18N.C6H14N.2C4H9N.Mo/c1-5-7(3)9-8(4)6-2;1-3-5-7-6-4-2;2*1-4(2,3)5;/h7-8H,5-6H2,1-4H3;3-6H2,1-2H3;2*1-3H3;/q2*-1;;;+2. The third-order valence-electron chi connectivity index (χ3n) is 3.08. The molecule has 2 unspecified atom stereocenters. The minimum absolute atomic E-state index is 0.108. The average molecular weight is 467 g/mol. The predicted molar refractivity (Wildman–Crippen MR) is 121 cm³/mol. The minimum Gasteiger partial charge on any atom is -0.662 e. The van der Waals surface area contributed by atoms with Gasteiger partial charge in [-0.15, -0.1) is 25.2 Å². The predicted octanol–water partition coefficient (Wildman–Crippen LogP) is 8.17. The summed E-state index contributed by atoms with van der Waals surface area (Å²) < 4.78 is 9.01. The zero-order chi connectivity index (χ0) is 21.9. The van der Waals surface area contributed by atoms with Crippen LogP contribution in [-0.4, -0.2) is 36.3 Å². The van der Waals surface area contributed by atoms with Crippen molar-refractivity contribution < 1.29 is 18.2 Å². The summed E-state index contributed by atoms with van der Waals surface area (Å²) in [6.45, 7) is 27.8. The molecule has 0 saturated carbocycles. The van der Waals surface area contributed by atoms with Crippen LogP contribution in [0.2, 0.25) is 0 Å². The number of hydrogen-bond donors (Lipinski definition) is 0. The van der Waals surface area contributed by atoms with Crippen molar-refractivity contribution in [2.24, 2.45) is 6.99 Å². The maximum atomic E-state index is 4.51. The van der Waals surface area contributed by atoms with Crippen LogP contribution in [0.4, 0.5) is 0 Å². The first kappa shape index (κ1) is 31.9. The van der Waals surface area contributed by atoms with Gasteiger partial charge in [0.05, 0.1) is 0 Å². The van der Waals surface area contributed by atoms with E-state index < -0.39 is 18.2 Å². The molecule has 0 aliphatic rings. The van der Waals surface area contributed by atoms with Gasteiger partial charge in [0.25, 0.3) is 0 Å². The van der Waals surface area contributed by atoms with Crippen LogP contribution in [0.5, 0.6) is 0 Å². The molecule has 0 aromatic carbocycles. The van der Waals surface area contributed by atoms with E-state index in [9.17, 15) is 0 Å². The zero-order valence-corrected chi connectivity index (χ0v) is 22.6. The topological polar surface area (TPSA) is 52.9 Å². The van der Waals surface area contributed by atoms with Crippen molar-refractivity contribution in [1.29, 1.82) is 0 Å². The van der Waals surface area contributed by atoms with Crippen LogP contribution in [-0.2, 0) is 18.2 Å². The Bertz CT molecular complexity index is 333. The molecule has 27 heavy (non-hydrogen) atoms. The quantitative estimate of drug-likeness (QED) is 0.256. The van der Waals surface area contributed by atoms with E-state index in [4.69, 9.17) is 0 Å². The van der Waals surface area contributed by atoms with Crippen molar-refractivity contribution in [3.05, 3.63) is 10.6 Å². The van der Waals surface area contributed by atoms with E-state index in [1.807, 2.05) is 0 Å². The second-order valence-corrected chi connectivity index (χ2v) is 10.2. The molecule has 0 aromatic rings. The Morgan fingerprint density at radius 1 is 0.704 bits per heavy atom. The molecular weight excluding hydrogens is 416 g/mol. The van der Waals surface area contributed by atoms with Crippen molar-refractivity contribution in [3.63, 3.8) is 0 Å². The summed E-state index contributed by atoms with van der Waals surface area (Å²) in [6.07, 6.45) is 4.73. The van der Waals surface area contributed by atoms with Gasteiger partial charge in [0, 0.05) is 0 Å². The van der Waals surface area contributed by atoms with Crippen LogP contribution in [0, 0.1) is 0 Å². The largest absolute Gasteiger partial charge is 0.662 e. The first-order valence-corrected chi connectivity index (χ1v) is 12.6. The van der Waals surface area contributed by atoms with Crippen LogP contribution >= 0.6 is 0 Å². The summed E-state index contributed by atoms with van der Waals surface area (Å²) in [7, 11) is 0. The van der Waals surface area contributed by atoms with E-state index >= 15 is 0 Å². The fourth-order valence-electron chi connectivity index (χ4n) is 1.34. The summed E-state index contributed by atoms with van der Waals surface area (Å²) >= 11 is -0.473. The molecule has 0 spiro atoms.